The molecule has 0 saturated carbocycles. The van der Waals surface area contributed by atoms with Crippen molar-refractivity contribution >= 4 is 11.6 Å². The molecule has 1 aliphatic heterocycles. The predicted molar refractivity (Wildman–Crippen MR) is 107 cm³/mol. The molecule has 0 bridgehead atoms. The maximum absolute atomic E-state index is 13.9. The summed E-state index contributed by atoms with van der Waals surface area (Å²) in [6.07, 6.45) is 1.85. The number of aryl methyl sites for hydroxylation is 1. The zero-order chi connectivity index (χ0) is 19.3. The van der Waals surface area contributed by atoms with Crippen LogP contribution in [0.4, 0.5) is 10.1 Å². The molecule has 1 N–H and O–H groups in total. The lowest BCUT2D eigenvalue weighted by atomic mass is 10.1. The number of furan rings is 1. The monoisotopic (exact) mass is 378 g/mol. The van der Waals surface area contributed by atoms with Crippen LogP contribution in [0.15, 0.2) is 71.1 Å². The van der Waals surface area contributed by atoms with Crippen molar-refractivity contribution in [3.05, 3.63) is 78.3 Å². The highest BCUT2D eigenvalue weighted by Gasteiger charge is 2.26. The van der Waals surface area contributed by atoms with Crippen molar-refractivity contribution in [2.45, 2.75) is 25.3 Å². The van der Waals surface area contributed by atoms with Gasteiger partial charge in [0.25, 0.3) is 0 Å². The van der Waals surface area contributed by atoms with Gasteiger partial charge in [0.2, 0.25) is 5.91 Å². The second-order valence-corrected chi connectivity index (χ2v) is 7.08. The number of likely N-dealkylation sites (tertiary alicyclic amines) is 1. The number of anilines is 1. The minimum Gasteiger partial charge on any atom is -0.461 e. The predicted octanol–water partition coefficient (Wildman–Crippen LogP) is 4.73. The molecule has 0 spiro atoms. The van der Waals surface area contributed by atoms with Crippen molar-refractivity contribution in [3.63, 3.8) is 0 Å². The first kappa shape index (κ1) is 18.3. The lowest BCUT2D eigenvalue weighted by molar-refractivity contribution is -0.130. The van der Waals surface area contributed by atoms with E-state index in [1.165, 1.54) is 6.07 Å². The molecule has 0 radical (unpaired) electrons. The van der Waals surface area contributed by atoms with E-state index in [1.54, 1.807) is 24.3 Å². The first-order valence-corrected chi connectivity index (χ1v) is 9.62. The summed E-state index contributed by atoms with van der Waals surface area (Å²) in [5.41, 5.74) is 1.52. The molecule has 2 heterocycles. The summed E-state index contributed by atoms with van der Waals surface area (Å²) in [6.45, 7) is 1.48. The highest BCUT2D eigenvalue weighted by molar-refractivity contribution is 5.77. The van der Waals surface area contributed by atoms with Gasteiger partial charge in [-0.05, 0) is 42.8 Å². The number of carbonyl (C=O) groups excluding carboxylic acids is 1. The Hall–Kier alpha value is -3.08. The number of carbonyl (C=O) groups is 1. The molecule has 0 aliphatic carbocycles. The number of halogens is 1. The Bertz CT molecular complexity index is 939. The molecule has 2 aromatic carbocycles. The van der Waals surface area contributed by atoms with Crippen LogP contribution < -0.4 is 5.32 Å². The number of hydrogen-bond acceptors (Lipinski definition) is 3. The standard InChI is InChI=1S/C23H23FN2O2/c24-21-9-5-4-8-20(21)22-12-10-19(28-22)11-13-23(27)26-15-14-18(16-26)25-17-6-2-1-3-7-17/h1-10,12,18,25H,11,13-16H2. The first-order chi connectivity index (χ1) is 13.7. The Morgan fingerprint density at radius 3 is 2.68 bits per heavy atom. The molecule has 1 saturated heterocycles. The quantitative estimate of drug-likeness (QED) is 0.674. The number of hydrogen-bond donors (Lipinski definition) is 1. The van der Waals surface area contributed by atoms with E-state index >= 15 is 0 Å². The maximum Gasteiger partial charge on any atom is 0.223 e. The minimum atomic E-state index is -0.312. The van der Waals surface area contributed by atoms with Crippen LogP contribution in [0, 0.1) is 5.82 Å². The van der Waals surface area contributed by atoms with E-state index < -0.39 is 0 Å². The van der Waals surface area contributed by atoms with Crippen molar-refractivity contribution in [3.8, 4) is 11.3 Å². The average Bonchev–Trinajstić information content (AvgIpc) is 3.37. The third-order valence-electron chi connectivity index (χ3n) is 5.07. The summed E-state index contributed by atoms with van der Waals surface area (Å²) in [7, 11) is 0. The van der Waals surface area contributed by atoms with Crippen LogP contribution in [-0.4, -0.2) is 29.9 Å². The van der Waals surface area contributed by atoms with E-state index in [-0.39, 0.29) is 17.8 Å². The molecule has 1 aliphatic rings. The SMILES string of the molecule is O=C(CCc1ccc(-c2ccccc2F)o1)N1CCC(Nc2ccccc2)C1. The fourth-order valence-electron chi connectivity index (χ4n) is 3.58. The Morgan fingerprint density at radius 1 is 1.07 bits per heavy atom. The van der Waals surface area contributed by atoms with Crippen molar-refractivity contribution in [1.82, 2.24) is 4.90 Å². The van der Waals surface area contributed by atoms with Gasteiger partial charge in [-0.25, -0.2) is 4.39 Å². The molecule has 1 atom stereocenters. The molecule has 1 aromatic heterocycles. The summed E-state index contributed by atoms with van der Waals surface area (Å²) in [5.74, 6) is 1.01. The van der Waals surface area contributed by atoms with Crippen LogP contribution in [0.1, 0.15) is 18.6 Å². The van der Waals surface area contributed by atoms with E-state index in [0.29, 0.717) is 36.5 Å². The lowest BCUT2D eigenvalue weighted by Gasteiger charge is -2.17. The van der Waals surface area contributed by atoms with Crippen molar-refractivity contribution in [2.75, 3.05) is 18.4 Å². The molecule has 1 amide bonds. The number of rotatable bonds is 6. The van der Waals surface area contributed by atoms with E-state index in [0.717, 1.165) is 18.7 Å². The number of amides is 1. The van der Waals surface area contributed by atoms with Crippen molar-refractivity contribution < 1.29 is 13.6 Å². The zero-order valence-electron chi connectivity index (χ0n) is 15.6. The van der Waals surface area contributed by atoms with Crippen LogP contribution >= 0.6 is 0 Å². The molecule has 4 rings (SSSR count). The van der Waals surface area contributed by atoms with E-state index in [2.05, 4.69) is 5.32 Å². The largest absolute Gasteiger partial charge is 0.461 e. The molecule has 144 valence electrons. The van der Waals surface area contributed by atoms with Gasteiger partial charge in [0.1, 0.15) is 17.3 Å². The van der Waals surface area contributed by atoms with Gasteiger partial charge in [0, 0.05) is 37.7 Å². The van der Waals surface area contributed by atoms with Gasteiger partial charge >= 0.3 is 0 Å². The van der Waals surface area contributed by atoms with E-state index in [9.17, 15) is 9.18 Å². The Labute approximate surface area is 164 Å². The molecular formula is C23H23FN2O2. The van der Waals surface area contributed by atoms with Gasteiger partial charge in [-0.2, -0.15) is 0 Å². The summed E-state index contributed by atoms with van der Waals surface area (Å²) < 4.78 is 19.6. The van der Waals surface area contributed by atoms with E-state index in [4.69, 9.17) is 4.42 Å². The summed E-state index contributed by atoms with van der Waals surface area (Å²) >= 11 is 0. The van der Waals surface area contributed by atoms with Crippen LogP contribution in [-0.2, 0) is 11.2 Å². The Kier molecular flexibility index (Phi) is 5.42. The minimum absolute atomic E-state index is 0.126. The molecule has 1 fully saturated rings. The maximum atomic E-state index is 13.9. The summed E-state index contributed by atoms with van der Waals surface area (Å²) in [5, 5.41) is 3.48. The van der Waals surface area contributed by atoms with Gasteiger partial charge < -0.3 is 14.6 Å². The summed E-state index contributed by atoms with van der Waals surface area (Å²) in [4.78, 5) is 14.4. The van der Waals surface area contributed by atoms with Gasteiger partial charge in [-0.1, -0.05) is 30.3 Å². The second-order valence-electron chi connectivity index (χ2n) is 7.08. The number of nitrogens with zero attached hydrogens (tertiary/aromatic N) is 1. The second kappa shape index (κ2) is 8.30. The Morgan fingerprint density at radius 2 is 1.86 bits per heavy atom. The fourth-order valence-corrected chi connectivity index (χ4v) is 3.58. The highest BCUT2D eigenvalue weighted by atomic mass is 19.1. The number of benzene rings is 2. The number of para-hydroxylation sites is 1. The molecule has 4 nitrogen and oxygen atoms in total. The Balaban J connectivity index is 1.29. The zero-order valence-corrected chi connectivity index (χ0v) is 15.6. The van der Waals surface area contributed by atoms with Gasteiger partial charge in [-0.15, -0.1) is 0 Å². The van der Waals surface area contributed by atoms with Crippen LogP contribution in [0.25, 0.3) is 11.3 Å². The van der Waals surface area contributed by atoms with E-state index in [1.807, 2.05) is 41.3 Å². The lowest BCUT2D eigenvalue weighted by Crippen LogP contribution is -2.31. The van der Waals surface area contributed by atoms with Gasteiger partial charge in [0.15, 0.2) is 0 Å². The highest BCUT2D eigenvalue weighted by Crippen LogP contribution is 2.25. The molecule has 5 heteroatoms. The molecule has 1 unspecified atom stereocenters. The van der Waals surface area contributed by atoms with Crippen molar-refractivity contribution in [1.29, 1.82) is 0 Å². The fraction of sp³-hybridized carbons (Fsp3) is 0.261. The van der Waals surface area contributed by atoms with Crippen LogP contribution in [0.5, 0.6) is 0 Å². The third-order valence-corrected chi connectivity index (χ3v) is 5.07. The van der Waals surface area contributed by atoms with Crippen LogP contribution in [0.3, 0.4) is 0 Å². The third kappa shape index (κ3) is 4.25. The van der Waals surface area contributed by atoms with Crippen molar-refractivity contribution in [2.24, 2.45) is 0 Å². The number of nitrogens with one attached hydrogen (secondary N) is 1. The smallest absolute Gasteiger partial charge is 0.223 e. The van der Waals surface area contributed by atoms with Gasteiger partial charge in [-0.3, -0.25) is 4.79 Å². The average molecular weight is 378 g/mol. The molecular weight excluding hydrogens is 355 g/mol. The van der Waals surface area contributed by atoms with Gasteiger partial charge in [0.05, 0.1) is 5.56 Å². The topological polar surface area (TPSA) is 45.5 Å². The normalized spacial score (nSPS) is 16.3. The molecule has 28 heavy (non-hydrogen) atoms. The van der Waals surface area contributed by atoms with Crippen LogP contribution in [0.2, 0.25) is 0 Å². The molecule has 3 aromatic rings. The first-order valence-electron chi connectivity index (χ1n) is 9.62. The summed E-state index contributed by atoms with van der Waals surface area (Å²) in [6, 6.07) is 20.4.